The summed E-state index contributed by atoms with van der Waals surface area (Å²) in [5.74, 6) is 0.451. The first-order valence-corrected chi connectivity index (χ1v) is 7.10. The number of hydrogen-bond acceptors (Lipinski definition) is 2. The Morgan fingerprint density at radius 1 is 1.16 bits per heavy atom. The van der Waals surface area contributed by atoms with Gasteiger partial charge in [0.2, 0.25) is 5.91 Å². The van der Waals surface area contributed by atoms with Gasteiger partial charge in [-0.25, -0.2) is 0 Å². The first-order valence-electron chi connectivity index (χ1n) is 7.10. The van der Waals surface area contributed by atoms with Crippen molar-refractivity contribution in [2.24, 2.45) is 11.8 Å². The number of hydrogen-bond donors (Lipinski definition) is 2. The molecule has 0 aromatic heterocycles. The summed E-state index contributed by atoms with van der Waals surface area (Å²) >= 11 is 0. The molecule has 0 aliphatic rings. The highest BCUT2D eigenvalue weighted by Crippen LogP contribution is 2.23. The first kappa shape index (κ1) is 15.7. The maximum atomic E-state index is 12.2. The maximum Gasteiger partial charge on any atom is 0.227 e. The summed E-state index contributed by atoms with van der Waals surface area (Å²) in [6.07, 6.45) is 0. The molecular formula is C16H26N2O. The summed E-state index contributed by atoms with van der Waals surface area (Å²) in [6.45, 7) is 11.2. The number of anilines is 1. The number of amides is 1. The lowest BCUT2D eigenvalue weighted by Crippen LogP contribution is -2.26. The summed E-state index contributed by atoms with van der Waals surface area (Å²) in [5.41, 5.74) is 2.04. The molecule has 0 spiro atoms. The van der Waals surface area contributed by atoms with Gasteiger partial charge in [0.25, 0.3) is 0 Å². The van der Waals surface area contributed by atoms with Crippen LogP contribution in [0.2, 0.25) is 0 Å². The van der Waals surface area contributed by atoms with Gasteiger partial charge >= 0.3 is 0 Å². The second-order valence-corrected chi connectivity index (χ2v) is 5.39. The van der Waals surface area contributed by atoms with Crippen molar-refractivity contribution in [1.29, 1.82) is 0 Å². The number of benzene rings is 1. The molecule has 0 heterocycles. The topological polar surface area (TPSA) is 41.1 Å². The fourth-order valence-electron chi connectivity index (χ4n) is 1.95. The van der Waals surface area contributed by atoms with Gasteiger partial charge in [0, 0.05) is 17.6 Å². The Bertz CT molecular complexity index is 415. The van der Waals surface area contributed by atoms with E-state index in [4.69, 9.17) is 0 Å². The molecule has 3 nitrogen and oxygen atoms in total. The van der Waals surface area contributed by atoms with E-state index in [9.17, 15) is 4.79 Å². The molecule has 0 saturated heterocycles. The average Bonchev–Trinajstić information content (AvgIpc) is 2.38. The monoisotopic (exact) mass is 262 g/mol. The predicted octanol–water partition coefficient (Wildman–Crippen LogP) is 3.59. The molecule has 0 radical (unpaired) electrons. The highest BCUT2D eigenvalue weighted by molar-refractivity contribution is 5.93. The van der Waals surface area contributed by atoms with E-state index in [1.807, 2.05) is 25.1 Å². The highest BCUT2D eigenvalue weighted by atomic mass is 16.1. The van der Waals surface area contributed by atoms with Gasteiger partial charge in [-0.2, -0.15) is 0 Å². The van der Waals surface area contributed by atoms with E-state index in [0.29, 0.717) is 5.92 Å². The minimum absolute atomic E-state index is 0.0162. The Hall–Kier alpha value is -1.35. The standard InChI is InChI=1S/C16H26N2O/c1-6-17-13(5)14-9-7-8-10-15(14)18-16(19)12(4)11(2)3/h7-13,17H,6H2,1-5H3,(H,18,19). The second-order valence-electron chi connectivity index (χ2n) is 5.39. The fourth-order valence-corrected chi connectivity index (χ4v) is 1.95. The highest BCUT2D eigenvalue weighted by Gasteiger charge is 2.18. The summed E-state index contributed by atoms with van der Waals surface area (Å²) in [5, 5.41) is 6.43. The zero-order valence-electron chi connectivity index (χ0n) is 12.7. The van der Waals surface area contributed by atoms with Gasteiger partial charge in [-0.1, -0.05) is 45.9 Å². The molecule has 2 N–H and O–H groups in total. The van der Waals surface area contributed by atoms with Gasteiger partial charge in [-0.05, 0) is 31.0 Å². The molecule has 3 heteroatoms. The number of carbonyl (C=O) groups excluding carboxylic acids is 1. The van der Waals surface area contributed by atoms with E-state index in [-0.39, 0.29) is 17.9 Å². The molecule has 0 bridgehead atoms. The van der Waals surface area contributed by atoms with Crippen molar-refractivity contribution >= 4 is 11.6 Å². The predicted molar refractivity (Wildman–Crippen MR) is 81.2 cm³/mol. The van der Waals surface area contributed by atoms with Crippen LogP contribution in [0.25, 0.3) is 0 Å². The molecular weight excluding hydrogens is 236 g/mol. The number of carbonyl (C=O) groups is 1. The fraction of sp³-hybridized carbons (Fsp3) is 0.562. The number of nitrogens with one attached hydrogen (secondary N) is 2. The van der Waals surface area contributed by atoms with Crippen molar-refractivity contribution in [3.8, 4) is 0 Å². The van der Waals surface area contributed by atoms with Crippen LogP contribution < -0.4 is 10.6 Å². The third-order valence-electron chi connectivity index (χ3n) is 3.61. The Labute approximate surface area is 116 Å². The first-order chi connectivity index (χ1) is 8.97. The van der Waals surface area contributed by atoms with E-state index >= 15 is 0 Å². The van der Waals surface area contributed by atoms with Crippen LogP contribution in [0, 0.1) is 11.8 Å². The molecule has 1 aromatic carbocycles. The quantitative estimate of drug-likeness (QED) is 0.822. The van der Waals surface area contributed by atoms with E-state index in [2.05, 4.69) is 44.4 Å². The third kappa shape index (κ3) is 4.35. The van der Waals surface area contributed by atoms with Crippen molar-refractivity contribution in [3.63, 3.8) is 0 Å². The molecule has 0 aliphatic carbocycles. The molecule has 2 atom stereocenters. The minimum atomic E-state index is 0.0162. The van der Waals surface area contributed by atoms with Gasteiger partial charge < -0.3 is 10.6 Å². The van der Waals surface area contributed by atoms with Crippen molar-refractivity contribution in [2.75, 3.05) is 11.9 Å². The molecule has 19 heavy (non-hydrogen) atoms. The molecule has 1 amide bonds. The molecule has 1 rings (SSSR count). The van der Waals surface area contributed by atoms with Crippen molar-refractivity contribution in [3.05, 3.63) is 29.8 Å². The largest absolute Gasteiger partial charge is 0.326 e. The molecule has 1 aromatic rings. The lowest BCUT2D eigenvalue weighted by Gasteiger charge is -2.20. The van der Waals surface area contributed by atoms with Crippen molar-refractivity contribution in [1.82, 2.24) is 5.32 Å². The second kappa shape index (κ2) is 7.29. The van der Waals surface area contributed by atoms with Gasteiger partial charge in [0.15, 0.2) is 0 Å². The van der Waals surface area contributed by atoms with Crippen LogP contribution in [0.4, 0.5) is 5.69 Å². The Morgan fingerprint density at radius 2 is 1.79 bits per heavy atom. The SMILES string of the molecule is CCNC(C)c1ccccc1NC(=O)C(C)C(C)C. The Kier molecular flexibility index (Phi) is 6.03. The lowest BCUT2D eigenvalue weighted by atomic mass is 9.97. The molecule has 106 valence electrons. The Morgan fingerprint density at radius 3 is 2.37 bits per heavy atom. The van der Waals surface area contributed by atoms with Crippen LogP contribution in [0.3, 0.4) is 0 Å². The maximum absolute atomic E-state index is 12.2. The average molecular weight is 262 g/mol. The van der Waals surface area contributed by atoms with Gasteiger partial charge in [0.1, 0.15) is 0 Å². The summed E-state index contributed by atoms with van der Waals surface area (Å²) in [6, 6.07) is 8.22. The van der Waals surface area contributed by atoms with E-state index in [0.717, 1.165) is 17.8 Å². The van der Waals surface area contributed by atoms with E-state index < -0.39 is 0 Å². The van der Waals surface area contributed by atoms with Crippen LogP contribution in [0.15, 0.2) is 24.3 Å². The summed E-state index contributed by atoms with van der Waals surface area (Å²) in [4.78, 5) is 12.2. The van der Waals surface area contributed by atoms with E-state index in [1.54, 1.807) is 0 Å². The Balaban J connectivity index is 2.86. The molecule has 0 fully saturated rings. The lowest BCUT2D eigenvalue weighted by molar-refractivity contribution is -0.120. The van der Waals surface area contributed by atoms with Crippen molar-refractivity contribution < 1.29 is 4.79 Å². The normalized spacial score (nSPS) is 14.2. The zero-order chi connectivity index (χ0) is 14.4. The van der Waals surface area contributed by atoms with Crippen LogP contribution in [0.5, 0.6) is 0 Å². The third-order valence-corrected chi connectivity index (χ3v) is 3.61. The van der Waals surface area contributed by atoms with Crippen LogP contribution in [-0.2, 0) is 4.79 Å². The van der Waals surface area contributed by atoms with Gasteiger partial charge in [0.05, 0.1) is 0 Å². The molecule has 0 aliphatic heterocycles. The van der Waals surface area contributed by atoms with Gasteiger partial charge in [-0.15, -0.1) is 0 Å². The minimum Gasteiger partial charge on any atom is -0.326 e. The zero-order valence-corrected chi connectivity index (χ0v) is 12.7. The number of rotatable bonds is 6. The van der Waals surface area contributed by atoms with Crippen molar-refractivity contribution in [2.45, 2.75) is 40.7 Å². The number of para-hydroxylation sites is 1. The van der Waals surface area contributed by atoms with Crippen LogP contribution in [0.1, 0.15) is 46.2 Å². The molecule has 0 saturated carbocycles. The smallest absolute Gasteiger partial charge is 0.227 e. The van der Waals surface area contributed by atoms with Crippen LogP contribution >= 0.6 is 0 Å². The molecule has 2 unspecified atom stereocenters. The van der Waals surface area contributed by atoms with Gasteiger partial charge in [-0.3, -0.25) is 4.79 Å². The summed E-state index contributed by atoms with van der Waals surface area (Å²) < 4.78 is 0. The van der Waals surface area contributed by atoms with E-state index in [1.165, 1.54) is 0 Å². The van der Waals surface area contributed by atoms with Crippen LogP contribution in [-0.4, -0.2) is 12.5 Å². The summed E-state index contributed by atoms with van der Waals surface area (Å²) in [7, 11) is 0.